The molecule has 13 nitrogen and oxygen atoms in total. The summed E-state index contributed by atoms with van der Waals surface area (Å²) in [6, 6.07) is 55.1. The first-order valence-corrected chi connectivity index (χ1v) is 22.6. The lowest BCUT2D eigenvalue weighted by Crippen LogP contribution is -2.65. The molecule has 0 aliphatic carbocycles. The Morgan fingerprint density at radius 1 is 0.456 bits per heavy atom. The van der Waals surface area contributed by atoms with E-state index in [1.165, 1.54) is 6.92 Å². The van der Waals surface area contributed by atoms with Crippen LogP contribution in [0.1, 0.15) is 49.9 Å². The Bertz CT molecular complexity index is 2450. The molecule has 2 fully saturated rings. The zero-order chi connectivity index (χ0) is 46.9. The molecule has 13 heteroatoms. The SMILES string of the molecule is CC(=O)O[C@H]1[C@H](O[C@@H]2[C@@H](OC(=O)c3ccccc3)[C@@H](OCc3ccccc3)OC[C@H]2OC(=O)c2ccccc2)O[C@H](COCc2ccccc2)[C@H](OCc2ccccc2)[C@@H]1OCc1ccccc1. The first-order chi connectivity index (χ1) is 33.4. The summed E-state index contributed by atoms with van der Waals surface area (Å²) in [5, 5.41) is 0. The molecular weight excluding hydrogens is 869 g/mol. The average molecular weight is 923 g/mol. The number of hydrogen-bond acceptors (Lipinski definition) is 13. The first kappa shape index (κ1) is 47.9. The van der Waals surface area contributed by atoms with Gasteiger partial charge in [0, 0.05) is 6.92 Å². The summed E-state index contributed by atoms with van der Waals surface area (Å²) in [5.41, 5.74) is 4.00. The van der Waals surface area contributed by atoms with Crippen LogP contribution in [0.2, 0.25) is 0 Å². The average Bonchev–Trinajstić information content (AvgIpc) is 3.38. The summed E-state index contributed by atoms with van der Waals surface area (Å²) in [7, 11) is 0. The molecule has 2 saturated heterocycles. The van der Waals surface area contributed by atoms with E-state index in [9.17, 15) is 14.4 Å². The largest absolute Gasteiger partial charge is 0.454 e. The van der Waals surface area contributed by atoms with E-state index in [0.29, 0.717) is 0 Å². The molecule has 0 saturated carbocycles. The maximum Gasteiger partial charge on any atom is 0.338 e. The molecule has 6 aromatic rings. The molecule has 0 unspecified atom stereocenters. The van der Waals surface area contributed by atoms with Crippen molar-refractivity contribution in [1.82, 2.24) is 0 Å². The third-order valence-corrected chi connectivity index (χ3v) is 11.3. The zero-order valence-corrected chi connectivity index (χ0v) is 37.6. The van der Waals surface area contributed by atoms with Gasteiger partial charge in [0.1, 0.15) is 24.4 Å². The van der Waals surface area contributed by atoms with Crippen molar-refractivity contribution in [3.63, 3.8) is 0 Å². The van der Waals surface area contributed by atoms with Gasteiger partial charge in [0.25, 0.3) is 0 Å². The summed E-state index contributed by atoms with van der Waals surface area (Å²) >= 11 is 0. The smallest absolute Gasteiger partial charge is 0.338 e. The monoisotopic (exact) mass is 922 g/mol. The van der Waals surface area contributed by atoms with Crippen LogP contribution in [0.15, 0.2) is 182 Å². The second-order valence-corrected chi connectivity index (χ2v) is 16.3. The highest BCUT2D eigenvalue weighted by Gasteiger charge is 2.55. The summed E-state index contributed by atoms with van der Waals surface area (Å²) in [5.74, 6) is -2.06. The van der Waals surface area contributed by atoms with Crippen LogP contribution in [0.25, 0.3) is 0 Å². The molecule has 2 aliphatic rings. The Balaban J connectivity index is 1.18. The lowest BCUT2D eigenvalue weighted by Gasteiger charge is -2.48. The summed E-state index contributed by atoms with van der Waals surface area (Å²) in [4.78, 5) is 41.2. The van der Waals surface area contributed by atoms with Crippen LogP contribution >= 0.6 is 0 Å². The van der Waals surface area contributed by atoms with E-state index >= 15 is 0 Å². The second kappa shape index (κ2) is 24.5. The molecule has 0 amide bonds. The predicted molar refractivity (Wildman–Crippen MR) is 247 cm³/mol. The van der Waals surface area contributed by atoms with Gasteiger partial charge in [-0.15, -0.1) is 0 Å². The minimum Gasteiger partial charge on any atom is -0.454 e. The van der Waals surface area contributed by atoms with Crippen LogP contribution < -0.4 is 0 Å². The minimum atomic E-state index is -1.46. The topological polar surface area (TPSA) is 144 Å². The number of benzene rings is 6. The van der Waals surface area contributed by atoms with E-state index in [4.69, 9.17) is 47.4 Å². The van der Waals surface area contributed by atoms with Crippen molar-refractivity contribution in [2.24, 2.45) is 0 Å². The lowest BCUT2D eigenvalue weighted by molar-refractivity contribution is -0.357. The fourth-order valence-corrected chi connectivity index (χ4v) is 7.96. The van der Waals surface area contributed by atoms with Gasteiger partial charge in [-0.05, 0) is 46.5 Å². The normalized spacial score (nSPS) is 23.5. The Hall–Kier alpha value is -6.55. The quantitative estimate of drug-likeness (QED) is 0.0534. The molecular formula is C55H54O13. The summed E-state index contributed by atoms with van der Waals surface area (Å²) < 4.78 is 65.0. The molecule has 2 aliphatic heterocycles. The standard InChI is InChI=1S/C55H54O13/c1-38(56)64-51-49(61-34-41-24-12-4-13-25-41)47(60-33-40-22-10-3-11-23-40)45(36-59-32-39-20-8-2-9-21-39)66-55(51)68-48-46(65-52(57)43-28-16-6-17-29-43)37-63-54(62-35-42-26-14-5-15-27-42)50(48)67-53(58)44-30-18-7-19-31-44/h2-31,45-51,54-55H,32-37H2,1H3/t45-,46-,47+,48+,49+,50-,51-,54+,55+/m1/s1. The molecule has 0 bridgehead atoms. The Labute approximate surface area is 395 Å². The fourth-order valence-electron chi connectivity index (χ4n) is 7.96. The van der Waals surface area contributed by atoms with Gasteiger partial charge < -0.3 is 47.4 Å². The van der Waals surface area contributed by atoms with Crippen molar-refractivity contribution in [2.75, 3.05) is 13.2 Å². The van der Waals surface area contributed by atoms with E-state index in [1.54, 1.807) is 60.7 Å². The fraction of sp³-hybridized carbons (Fsp3) is 0.291. The molecule has 2 heterocycles. The molecule has 0 radical (unpaired) electrons. The van der Waals surface area contributed by atoms with Crippen LogP contribution in [0.5, 0.6) is 0 Å². The minimum absolute atomic E-state index is 0.0123. The Morgan fingerprint density at radius 3 is 1.38 bits per heavy atom. The third kappa shape index (κ3) is 13.3. The van der Waals surface area contributed by atoms with E-state index < -0.39 is 73.2 Å². The molecule has 8 rings (SSSR count). The van der Waals surface area contributed by atoms with Gasteiger partial charge in [-0.25, -0.2) is 9.59 Å². The molecule has 6 aromatic carbocycles. The molecule has 68 heavy (non-hydrogen) atoms. The number of carbonyl (C=O) groups is 3. The van der Waals surface area contributed by atoms with Crippen LogP contribution in [-0.2, 0) is 78.6 Å². The van der Waals surface area contributed by atoms with Crippen LogP contribution in [-0.4, -0.2) is 86.4 Å². The number of esters is 3. The highest BCUT2D eigenvalue weighted by molar-refractivity contribution is 5.90. The number of carbonyl (C=O) groups excluding carboxylic acids is 3. The zero-order valence-electron chi connectivity index (χ0n) is 37.6. The van der Waals surface area contributed by atoms with Gasteiger partial charge in [0.05, 0.1) is 50.8 Å². The molecule has 352 valence electrons. The summed E-state index contributed by atoms with van der Waals surface area (Å²) in [6.45, 7) is 1.59. The number of rotatable bonds is 20. The van der Waals surface area contributed by atoms with Crippen molar-refractivity contribution in [2.45, 2.75) is 88.7 Å². The highest BCUT2D eigenvalue weighted by atomic mass is 16.8. The predicted octanol–water partition coefficient (Wildman–Crippen LogP) is 8.44. The lowest BCUT2D eigenvalue weighted by atomic mass is 9.97. The Kier molecular flexibility index (Phi) is 17.2. The van der Waals surface area contributed by atoms with Crippen molar-refractivity contribution in [1.29, 1.82) is 0 Å². The van der Waals surface area contributed by atoms with Crippen molar-refractivity contribution < 1.29 is 61.8 Å². The van der Waals surface area contributed by atoms with Crippen molar-refractivity contribution >= 4 is 17.9 Å². The van der Waals surface area contributed by atoms with Gasteiger partial charge in [-0.1, -0.05) is 158 Å². The van der Waals surface area contributed by atoms with Crippen molar-refractivity contribution in [3.05, 3.63) is 215 Å². The van der Waals surface area contributed by atoms with Crippen LogP contribution in [0.3, 0.4) is 0 Å². The molecule has 0 spiro atoms. The van der Waals surface area contributed by atoms with Gasteiger partial charge in [-0.3, -0.25) is 4.79 Å². The Morgan fingerprint density at radius 2 is 0.882 bits per heavy atom. The van der Waals surface area contributed by atoms with E-state index in [-0.39, 0.29) is 50.8 Å². The van der Waals surface area contributed by atoms with E-state index in [1.807, 2.05) is 121 Å². The van der Waals surface area contributed by atoms with Crippen LogP contribution in [0.4, 0.5) is 0 Å². The van der Waals surface area contributed by atoms with Gasteiger partial charge in [0.15, 0.2) is 30.9 Å². The molecule has 9 atom stereocenters. The van der Waals surface area contributed by atoms with E-state index in [2.05, 4.69) is 0 Å². The maximum atomic E-state index is 14.1. The summed E-state index contributed by atoms with van der Waals surface area (Å²) in [6.07, 6.45) is -10.8. The third-order valence-electron chi connectivity index (χ3n) is 11.3. The number of ether oxygens (including phenoxy) is 10. The maximum absolute atomic E-state index is 14.1. The van der Waals surface area contributed by atoms with Gasteiger partial charge in [0.2, 0.25) is 0 Å². The van der Waals surface area contributed by atoms with Gasteiger partial charge in [-0.2, -0.15) is 0 Å². The molecule has 0 aromatic heterocycles. The highest BCUT2D eigenvalue weighted by Crippen LogP contribution is 2.35. The van der Waals surface area contributed by atoms with E-state index in [0.717, 1.165) is 22.3 Å². The van der Waals surface area contributed by atoms with Crippen LogP contribution in [0, 0.1) is 0 Å². The van der Waals surface area contributed by atoms with Gasteiger partial charge >= 0.3 is 17.9 Å². The molecule has 0 N–H and O–H groups in total. The second-order valence-electron chi connectivity index (χ2n) is 16.3. The van der Waals surface area contributed by atoms with Crippen molar-refractivity contribution in [3.8, 4) is 0 Å². The first-order valence-electron chi connectivity index (χ1n) is 22.6. The number of hydrogen-bond donors (Lipinski definition) is 0.